The summed E-state index contributed by atoms with van der Waals surface area (Å²) in [5, 5.41) is 3.63. The molecule has 1 aliphatic carbocycles. The lowest BCUT2D eigenvalue weighted by Crippen LogP contribution is -2.53. The number of amides is 2. The fraction of sp³-hybridized carbons (Fsp3) is 0.929. The van der Waals surface area contributed by atoms with Gasteiger partial charge in [-0.15, -0.1) is 0 Å². The lowest BCUT2D eigenvalue weighted by Gasteiger charge is -2.37. The molecule has 0 aromatic carbocycles. The van der Waals surface area contributed by atoms with E-state index in [9.17, 15) is 4.79 Å². The molecule has 4 heteroatoms. The van der Waals surface area contributed by atoms with Crippen LogP contribution in [0.4, 0.5) is 4.79 Å². The molecule has 3 N–H and O–H groups in total. The summed E-state index contributed by atoms with van der Waals surface area (Å²) in [6, 6.07) is 0.197. The van der Waals surface area contributed by atoms with Crippen molar-refractivity contribution >= 4 is 6.03 Å². The zero-order chi connectivity index (χ0) is 13.0. The fourth-order valence-corrected chi connectivity index (χ4v) is 2.89. The lowest BCUT2D eigenvalue weighted by atomic mass is 9.90. The Balaban J connectivity index is 1.81. The number of carbonyl (C=O) groups excluding carboxylic acids is 1. The van der Waals surface area contributed by atoms with E-state index in [1.807, 2.05) is 4.90 Å². The van der Waals surface area contributed by atoms with Gasteiger partial charge in [0.2, 0.25) is 0 Å². The third-order valence-corrected chi connectivity index (χ3v) is 4.21. The molecule has 2 rings (SSSR count). The highest BCUT2D eigenvalue weighted by Gasteiger charge is 2.30. The molecule has 1 aliphatic heterocycles. The highest BCUT2D eigenvalue weighted by molar-refractivity contribution is 5.72. The molecule has 104 valence electrons. The molecule has 2 amide bonds. The number of nitrogens with zero attached hydrogens (tertiary/aromatic N) is 1. The van der Waals surface area contributed by atoms with Gasteiger partial charge in [0, 0.05) is 19.1 Å². The van der Waals surface area contributed by atoms with Gasteiger partial charge in [-0.2, -0.15) is 0 Å². The second kappa shape index (κ2) is 6.41. The second-order valence-corrected chi connectivity index (χ2v) is 6.04. The van der Waals surface area contributed by atoms with Crippen LogP contribution in [0.25, 0.3) is 0 Å². The van der Waals surface area contributed by atoms with E-state index in [2.05, 4.69) is 12.2 Å². The number of nitrogens with two attached hydrogens (primary N) is 1. The average molecular weight is 253 g/mol. The van der Waals surface area contributed by atoms with Crippen LogP contribution in [0.1, 0.15) is 45.4 Å². The molecule has 0 bridgehead atoms. The summed E-state index contributed by atoms with van der Waals surface area (Å²) in [5.74, 6) is 1.52. The number of primary amides is 1. The molecule has 1 saturated heterocycles. The molecule has 2 atom stereocenters. The third kappa shape index (κ3) is 4.16. The number of nitrogens with one attached hydrogen (secondary N) is 1. The maximum atomic E-state index is 11.4. The number of hydrogen-bond acceptors (Lipinski definition) is 2. The monoisotopic (exact) mass is 253 g/mol. The molecule has 2 fully saturated rings. The summed E-state index contributed by atoms with van der Waals surface area (Å²) in [5.41, 5.74) is 5.45. The van der Waals surface area contributed by atoms with Crippen LogP contribution in [0.2, 0.25) is 0 Å². The molecular weight excluding hydrogens is 226 g/mol. The number of rotatable bonds is 6. The average Bonchev–Trinajstić information content (AvgIpc) is 3.17. The Kier molecular flexibility index (Phi) is 4.87. The first-order valence-electron chi connectivity index (χ1n) is 7.46. The second-order valence-electron chi connectivity index (χ2n) is 6.04. The highest BCUT2D eigenvalue weighted by Crippen LogP contribution is 2.28. The van der Waals surface area contributed by atoms with E-state index < -0.39 is 0 Å². The molecule has 4 nitrogen and oxygen atoms in total. The van der Waals surface area contributed by atoms with E-state index in [4.69, 9.17) is 5.73 Å². The largest absolute Gasteiger partial charge is 0.351 e. The first-order chi connectivity index (χ1) is 8.69. The molecule has 1 saturated carbocycles. The smallest absolute Gasteiger partial charge is 0.314 e. The molecule has 0 aromatic heterocycles. The summed E-state index contributed by atoms with van der Waals surface area (Å²) in [6.45, 7) is 5.00. The van der Waals surface area contributed by atoms with Gasteiger partial charge in [0.15, 0.2) is 0 Å². The predicted molar refractivity (Wildman–Crippen MR) is 73.3 cm³/mol. The van der Waals surface area contributed by atoms with Gasteiger partial charge in [-0.1, -0.05) is 19.8 Å². The number of urea groups is 1. The molecule has 1 heterocycles. The van der Waals surface area contributed by atoms with Crippen molar-refractivity contribution < 1.29 is 4.79 Å². The quantitative estimate of drug-likeness (QED) is 0.760. The van der Waals surface area contributed by atoms with Crippen molar-refractivity contribution in [2.45, 2.75) is 51.5 Å². The van der Waals surface area contributed by atoms with E-state index in [1.165, 1.54) is 38.5 Å². The topological polar surface area (TPSA) is 58.4 Å². The van der Waals surface area contributed by atoms with E-state index in [1.54, 1.807) is 0 Å². The van der Waals surface area contributed by atoms with Crippen LogP contribution in [-0.2, 0) is 0 Å². The Morgan fingerprint density at radius 3 is 2.72 bits per heavy atom. The zero-order valence-electron chi connectivity index (χ0n) is 11.5. The minimum absolute atomic E-state index is 0.255. The van der Waals surface area contributed by atoms with Crippen molar-refractivity contribution in [1.29, 1.82) is 0 Å². The van der Waals surface area contributed by atoms with Crippen LogP contribution in [-0.4, -0.2) is 36.6 Å². The SMILES string of the molecule is CCCCC1CC(NCC2CC2)CN(C(N)=O)C1. The van der Waals surface area contributed by atoms with Crippen molar-refractivity contribution in [2.75, 3.05) is 19.6 Å². The number of piperidine rings is 1. The van der Waals surface area contributed by atoms with Gasteiger partial charge in [-0.3, -0.25) is 0 Å². The maximum absolute atomic E-state index is 11.4. The number of hydrogen-bond donors (Lipinski definition) is 2. The maximum Gasteiger partial charge on any atom is 0.314 e. The summed E-state index contributed by atoms with van der Waals surface area (Å²) >= 11 is 0. The van der Waals surface area contributed by atoms with Crippen molar-refractivity contribution in [2.24, 2.45) is 17.6 Å². The van der Waals surface area contributed by atoms with Gasteiger partial charge < -0.3 is 16.0 Å². The summed E-state index contributed by atoms with van der Waals surface area (Å²) < 4.78 is 0. The van der Waals surface area contributed by atoms with Crippen molar-refractivity contribution in [1.82, 2.24) is 10.2 Å². The van der Waals surface area contributed by atoms with Gasteiger partial charge in [-0.05, 0) is 44.1 Å². The number of unbranched alkanes of at least 4 members (excludes halogenated alkanes) is 1. The van der Waals surface area contributed by atoms with Gasteiger partial charge in [0.05, 0.1) is 0 Å². The van der Waals surface area contributed by atoms with Gasteiger partial charge >= 0.3 is 6.03 Å². The van der Waals surface area contributed by atoms with Gasteiger partial charge in [0.1, 0.15) is 0 Å². The first-order valence-corrected chi connectivity index (χ1v) is 7.46. The normalized spacial score (nSPS) is 28.4. The Labute approximate surface area is 110 Å². The minimum atomic E-state index is -0.255. The zero-order valence-corrected chi connectivity index (χ0v) is 11.5. The van der Waals surface area contributed by atoms with Crippen LogP contribution < -0.4 is 11.1 Å². The fourth-order valence-electron chi connectivity index (χ4n) is 2.89. The Morgan fingerprint density at radius 2 is 2.11 bits per heavy atom. The molecular formula is C14H27N3O. The molecule has 0 aromatic rings. The van der Waals surface area contributed by atoms with Crippen LogP contribution >= 0.6 is 0 Å². The summed E-state index contributed by atoms with van der Waals surface area (Å²) in [7, 11) is 0. The van der Waals surface area contributed by atoms with Crippen molar-refractivity contribution in [3.05, 3.63) is 0 Å². The van der Waals surface area contributed by atoms with Crippen LogP contribution in [0.15, 0.2) is 0 Å². The Bertz CT molecular complexity index is 278. The molecule has 18 heavy (non-hydrogen) atoms. The standard InChI is InChI=1S/C14H27N3O/c1-2-3-4-12-7-13(16-8-11-5-6-11)10-17(9-12)14(15)18/h11-13,16H,2-10H2,1H3,(H2,15,18). The Hall–Kier alpha value is -0.770. The lowest BCUT2D eigenvalue weighted by molar-refractivity contribution is 0.147. The Morgan fingerprint density at radius 1 is 1.33 bits per heavy atom. The van der Waals surface area contributed by atoms with Crippen LogP contribution in [0.5, 0.6) is 0 Å². The van der Waals surface area contributed by atoms with E-state index >= 15 is 0 Å². The van der Waals surface area contributed by atoms with Gasteiger partial charge in [0.25, 0.3) is 0 Å². The van der Waals surface area contributed by atoms with Gasteiger partial charge in [-0.25, -0.2) is 4.79 Å². The molecule has 0 radical (unpaired) electrons. The first kappa shape index (κ1) is 13.7. The predicted octanol–water partition coefficient (Wildman–Crippen LogP) is 1.95. The van der Waals surface area contributed by atoms with Crippen molar-refractivity contribution in [3.63, 3.8) is 0 Å². The summed E-state index contributed by atoms with van der Waals surface area (Å²) in [6.07, 6.45) is 7.66. The van der Waals surface area contributed by atoms with Crippen LogP contribution in [0, 0.1) is 11.8 Å². The van der Waals surface area contributed by atoms with E-state index in [-0.39, 0.29) is 6.03 Å². The number of likely N-dealkylation sites (tertiary alicyclic amines) is 1. The highest BCUT2D eigenvalue weighted by atomic mass is 16.2. The van der Waals surface area contributed by atoms with Crippen LogP contribution in [0.3, 0.4) is 0 Å². The van der Waals surface area contributed by atoms with E-state index in [0.29, 0.717) is 12.0 Å². The van der Waals surface area contributed by atoms with Crippen molar-refractivity contribution in [3.8, 4) is 0 Å². The molecule has 2 unspecified atom stereocenters. The minimum Gasteiger partial charge on any atom is -0.351 e. The molecule has 2 aliphatic rings. The summed E-state index contributed by atoms with van der Waals surface area (Å²) in [4.78, 5) is 13.2. The van der Waals surface area contributed by atoms with E-state index in [0.717, 1.165) is 25.6 Å². The molecule has 0 spiro atoms. The third-order valence-electron chi connectivity index (χ3n) is 4.21. The number of carbonyl (C=O) groups is 1.